The lowest BCUT2D eigenvalue weighted by Crippen LogP contribution is -2.37. The second-order valence-corrected chi connectivity index (χ2v) is 12.1. The van der Waals surface area contributed by atoms with Gasteiger partial charge in [-0.3, -0.25) is 23.7 Å². The number of H-pyrrole nitrogens is 1. The predicted molar refractivity (Wildman–Crippen MR) is 147 cm³/mol. The molecule has 3 aromatic rings. The summed E-state index contributed by atoms with van der Waals surface area (Å²) in [6.07, 6.45) is -0.480. The van der Waals surface area contributed by atoms with E-state index in [-0.39, 0.29) is 12.4 Å². The maximum atomic E-state index is 13.9. The summed E-state index contributed by atoms with van der Waals surface area (Å²) < 4.78 is 37.9. The van der Waals surface area contributed by atoms with E-state index in [1.54, 1.807) is 12.1 Å². The summed E-state index contributed by atoms with van der Waals surface area (Å²) in [6.45, 7) is 1.07. The van der Waals surface area contributed by atoms with Crippen molar-refractivity contribution in [3.8, 4) is 5.75 Å². The first kappa shape index (κ1) is 29.2. The van der Waals surface area contributed by atoms with Gasteiger partial charge >= 0.3 is 19.4 Å². The number of carbonyl (C=O) groups excluding carboxylic acids is 1. The quantitative estimate of drug-likeness (QED) is 0.219. The Morgan fingerprint density at radius 1 is 1.20 bits per heavy atom. The van der Waals surface area contributed by atoms with Crippen LogP contribution in [-0.4, -0.2) is 45.5 Å². The molecule has 14 heteroatoms. The van der Waals surface area contributed by atoms with Crippen molar-refractivity contribution >= 4 is 25.3 Å². The van der Waals surface area contributed by atoms with E-state index < -0.39 is 61.5 Å². The smallest absolute Gasteiger partial charge is 0.459 e. The minimum atomic E-state index is -4.27. The number of hydrogen-bond acceptors (Lipinski definition) is 9. The van der Waals surface area contributed by atoms with Gasteiger partial charge in [0.2, 0.25) is 0 Å². The number of benzene rings is 2. The zero-order chi connectivity index (χ0) is 29.2. The molecule has 2 aromatic carbocycles. The van der Waals surface area contributed by atoms with Crippen LogP contribution in [0.25, 0.3) is 0 Å². The summed E-state index contributed by atoms with van der Waals surface area (Å²) in [5, 5.41) is 14.1. The van der Waals surface area contributed by atoms with E-state index in [9.17, 15) is 24.1 Å². The third-order valence-electron chi connectivity index (χ3n) is 7.05. The Morgan fingerprint density at radius 2 is 1.90 bits per heavy atom. The van der Waals surface area contributed by atoms with E-state index in [1.165, 1.54) is 48.0 Å². The lowest BCUT2D eigenvalue weighted by atomic mass is 9.96. The van der Waals surface area contributed by atoms with Crippen LogP contribution in [0.5, 0.6) is 5.75 Å². The van der Waals surface area contributed by atoms with Crippen molar-refractivity contribution in [1.82, 2.24) is 14.6 Å². The van der Waals surface area contributed by atoms with Crippen molar-refractivity contribution in [2.75, 3.05) is 6.61 Å². The molecule has 1 aliphatic carbocycles. The van der Waals surface area contributed by atoms with Gasteiger partial charge in [0.15, 0.2) is 0 Å². The number of aromatic nitrogens is 2. The van der Waals surface area contributed by atoms with Gasteiger partial charge in [-0.1, -0.05) is 41.9 Å². The van der Waals surface area contributed by atoms with E-state index in [0.29, 0.717) is 17.9 Å². The maximum Gasteiger partial charge on any atom is 0.459 e. The number of aliphatic hydroxyl groups excluding tert-OH is 1. The van der Waals surface area contributed by atoms with E-state index in [1.807, 2.05) is 18.2 Å². The molecular formula is C27H29ClN3O9P. The molecule has 1 aromatic heterocycles. The highest BCUT2D eigenvalue weighted by Crippen LogP contribution is 2.62. The van der Waals surface area contributed by atoms with Gasteiger partial charge in [0.05, 0.1) is 12.7 Å². The standard InChI is InChI=1S/C27H29ClN3O9P/c1-17(24(34)37-15-18-5-3-2-4-6-18)30-41(36,40-20-9-7-19(28)8-10-20)38-16-21-23(33)27(12-13-27)25(39-21)31-14-11-22(32)29-26(31)35/h2-11,14,17,21,23,25,33H,12-13,15-16H2,1H3,(H,30,36)(H,29,32,35)/t17-,21+,23+,25+,41?/m0/s1. The van der Waals surface area contributed by atoms with E-state index in [0.717, 1.165) is 5.56 Å². The van der Waals surface area contributed by atoms with Crippen molar-refractivity contribution < 1.29 is 33.0 Å². The number of halogens is 1. The molecule has 0 radical (unpaired) electrons. The average molecular weight is 606 g/mol. The molecule has 1 unspecified atom stereocenters. The summed E-state index contributed by atoms with van der Waals surface area (Å²) in [7, 11) is -4.27. The third-order valence-corrected chi connectivity index (χ3v) is 8.94. The fourth-order valence-electron chi connectivity index (χ4n) is 4.70. The highest BCUT2D eigenvalue weighted by atomic mass is 35.5. The number of hydrogen-bond donors (Lipinski definition) is 3. The second-order valence-electron chi connectivity index (χ2n) is 10.0. The van der Waals surface area contributed by atoms with Gasteiger partial charge in [-0.25, -0.2) is 9.36 Å². The lowest BCUT2D eigenvalue weighted by molar-refractivity contribution is -0.146. The van der Waals surface area contributed by atoms with Crippen LogP contribution in [0, 0.1) is 5.41 Å². The first-order valence-electron chi connectivity index (χ1n) is 12.9. The van der Waals surface area contributed by atoms with Crippen molar-refractivity contribution in [3.63, 3.8) is 0 Å². The van der Waals surface area contributed by atoms with Crippen LogP contribution < -0.4 is 20.9 Å². The molecule has 5 rings (SSSR count). The van der Waals surface area contributed by atoms with Crippen LogP contribution in [-0.2, 0) is 30.0 Å². The molecule has 0 bridgehead atoms. The first-order valence-corrected chi connectivity index (χ1v) is 14.8. The zero-order valence-electron chi connectivity index (χ0n) is 22.0. The first-order chi connectivity index (χ1) is 19.6. The highest BCUT2D eigenvalue weighted by molar-refractivity contribution is 7.52. The Labute approximate surface area is 239 Å². The summed E-state index contributed by atoms with van der Waals surface area (Å²) in [4.78, 5) is 38.8. The number of carbonyl (C=O) groups is 1. The Balaban J connectivity index is 1.30. The molecule has 1 saturated heterocycles. The lowest BCUT2D eigenvalue weighted by Gasteiger charge is -2.24. The van der Waals surface area contributed by atoms with Crippen molar-refractivity contribution in [1.29, 1.82) is 0 Å². The predicted octanol–water partition coefficient (Wildman–Crippen LogP) is 3.15. The molecule has 1 spiro atoms. The van der Waals surface area contributed by atoms with Crippen LogP contribution in [0.3, 0.4) is 0 Å². The molecule has 2 aliphatic rings. The maximum absolute atomic E-state index is 13.9. The van der Waals surface area contributed by atoms with Gasteiger partial charge in [-0.15, -0.1) is 0 Å². The fourth-order valence-corrected chi connectivity index (χ4v) is 6.33. The molecule has 218 valence electrons. The van der Waals surface area contributed by atoms with Gasteiger partial charge < -0.3 is 19.1 Å². The van der Waals surface area contributed by atoms with Crippen molar-refractivity contribution in [2.24, 2.45) is 5.41 Å². The number of esters is 1. The minimum absolute atomic E-state index is 0.0184. The molecule has 0 amide bonds. The third kappa shape index (κ3) is 6.64. The van der Waals surface area contributed by atoms with Gasteiger partial charge in [-0.05, 0) is 49.6 Å². The molecule has 3 N–H and O–H groups in total. The number of nitrogens with one attached hydrogen (secondary N) is 2. The van der Waals surface area contributed by atoms with Crippen LogP contribution >= 0.6 is 19.3 Å². The number of nitrogens with zero attached hydrogens (tertiary/aromatic N) is 1. The second kappa shape index (κ2) is 11.9. The molecule has 2 heterocycles. The summed E-state index contributed by atoms with van der Waals surface area (Å²) in [5.74, 6) is -0.539. The zero-order valence-corrected chi connectivity index (χ0v) is 23.6. The SMILES string of the molecule is C[C@H](NP(=O)(OC[C@H]1O[C@@H](n2ccc(=O)[nH]c2=O)C2(CC2)[C@@H]1O)Oc1ccc(Cl)cc1)C(=O)OCc1ccccc1. The number of ether oxygens (including phenoxy) is 2. The number of rotatable bonds is 11. The molecule has 12 nitrogen and oxygen atoms in total. The Hall–Kier alpha value is -3.25. The van der Waals surface area contributed by atoms with Crippen molar-refractivity contribution in [2.45, 2.75) is 50.8 Å². The summed E-state index contributed by atoms with van der Waals surface area (Å²) in [6, 6.07) is 15.2. The molecular weight excluding hydrogens is 577 g/mol. The number of aliphatic hydroxyl groups is 1. The minimum Gasteiger partial charge on any atom is -0.460 e. The molecule has 2 fully saturated rings. The van der Waals surface area contributed by atoms with Crippen LogP contribution in [0.1, 0.15) is 31.6 Å². The van der Waals surface area contributed by atoms with Crippen LogP contribution in [0.2, 0.25) is 5.02 Å². The summed E-state index contributed by atoms with van der Waals surface area (Å²) in [5.41, 5.74) is -1.22. The largest absolute Gasteiger partial charge is 0.460 e. The number of aromatic amines is 1. The average Bonchev–Trinajstić information content (AvgIpc) is 3.71. The van der Waals surface area contributed by atoms with Gasteiger partial charge in [0.25, 0.3) is 5.56 Å². The van der Waals surface area contributed by atoms with Crippen LogP contribution in [0.4, 0.5) is 0 Å². The van der Waals surface area contributed by atoms with Gasteiger partial charge in [-0.2, -0.15) is 5.09 Å². The van der Waals surface area contributed by atoms with Gasteiger partial charge in [0.1, 0.15) is 30.7 Å². The van der Waals surface area contributed by atoms with E-state index in [2.05, 4.69) is 10.1 Å². The topological polar surface area (TPSA) is 158 Å². The normalized spacial score (nSPS) is 23.0. The molecule has 5 atom stereocenters. The van der Waals surface area contributed by atoms with Crippen molar-refractivity contribution in [3.05, 3.63) is 98.3 Å². The molecule has 41 heavy (non-hydrogen) atoms. The Bertz CT molecular complexity index is 1540. The Kier molecular flexibility index (Phi) is 8.51. The monoisotopic (exact) mass is 605 g/mol. The highest BCUT2D eigenvalue weighted by Gasteiger charge is 2.64. The van der Waals surface area contributed by atoms with E-state index >= 15 is 0 Å². The van der Waals surface area contributed by atoms with Crippen LogP contribution in [0.15, 0.2) is 76.4 Å². The van der Waals surface area contributed by atoms with Gasteiger partial charge in [0, 0.05) is 22.7 Å². The Morgan fingerprint density at radius 3 is 2.56 bits per heavy atom. The molecule has 1 saturated carbocycles. The molecule has 1 aliphatic heterocycles. The summed E-state index contributed by atoms with van der Waals surface area (Å²) >= 11 is 5.95. The fraction of sp³-hybridized carbons (Fsp3) is 0.370. The van der Waals surface area contributed by atoms with E-state index in [4.69, 9.17) is 30.1 Å².